The zero-order chi connectivity index (χ0) is 13.0. The third-order valence-corrected chi connectivity index (χ3v) is 2.12. The Labute approximate surface area is 100 Å². The largest absolute Gasteiger partial charge is 0.465 e. The maximum Gasteiger partial charge on any atom is 0.387 e. The summed E-state index contributed by atoms with van der Waals surface area (Å²) in [6, 6.07) is 3.72. The van der Waals surface area contributed by atoms with Crippen LogP contribution in [0.1, 0.15) is 15.9 Å². The maximum atomic E-state index is 12.1. The standard InChI is InChI=1S/C10H6ClF2NO3/c1-16-9(15)6-2-5(4-14)7(11)3-8(6)17-10(12)13/h2-3,10H,1H3. The molecule has 1 aromatic rings. The number of halogens is 3. The van der Waals surface area contributed by atoms with Crippen molar-refractivity contribution < 1.29 is 23.0 Å². The van der Waals surface area contributed by atoms with E-state index in [9.17, 15) is 13.6 Å². The predicted molar refractivity (Wildman–Crippen MR) is 54.1 cm³/mol. The van der Waals surface area contributed by atoms with E-state index >= 15 is 0 Å². The number of rotatable bonds is 3. The van der Waals surface area contributed by atoms with Crippen molar-refractivity contribution in [3.05, 3.63) is 28.3 Å². The number of ether oxygens (including phenoxy) is 2. The van der Waals surface area contributed by atoms with Crippen molar-refractivity contribution in [3.63, 3.8) is 0 Å². The molecule has 0 N–H and O–H groups in total. The van der Waals surface area contributed by atoms with Crippen LogP contribution in [-0.2, 0) is 4.74 Å². The van der Waals surface area contributed by atoms with Gasteiger partial charge in [0.15, 0.2) is 0 Å². The van der Waals surface area contributed by atoms with Gasteiger partial charge < -0.3 is 9.47 Å². The Morgan fingerprint density at radius 1 is 1.53 bits per heavy atom. The van der Waals surface area contributed by atoms with Gasteiger partial charge >= 0.3 is 12.6 Å². The molecule has 0 radical (unpaired) electrons. The second kappa shape index (κ2) is 5.46. The molecule has 0 fully saturated rings. The molecule has 17 heavy (non-hydrogen) atoms. The molecule has 0 unspecified atom stereocenters. The predicted octanol–water partition coefficient (Wildman–Crippen LogP) is 2.60. The molecule has 0 bridgehead atoms. The van der Waals surface area contributed by atoms with E-state index in [1.54, 1.807) is 6.07 Å². The first-order valence-electron chi connectivity index (χ1n) is 4.26. The summed E-state index contributed by atoms with van der Waals surface area (Å²) in [6.45, 7) is -3.11. The SMILES string of the molecule is COC(=O)c1cc(C#N)c(Cl)cc1OC(F)F. The molecule has 0 aliphatic heterocycles. The monoisotopic (exact) mass is 261 g/mol. The van der Waals surface area contributed by atoms with Gasteiger partial charge in [-0.3, -0.25) is 0 Å². The van der Waals surface area contributed by atoms with Crippen LogP contribution >= 0.6 is 11.6 Å². The summed E-state index contributed by atoms with van der Waals surface area (Å²) in [5, 5.41) is 8.61. The Morgan fingerprint density at radius 2 is 2.18 bits per heavy atom. The molecule has 0 saturated carbocycles. The quantitative estimate of drug-likeness (QED) is 0.785. The third kappa shape index (κ3) is 3.04. The number of esters is 1. The first kappa shape index (κ1) is 13.2. The van der Waals surface area contributed by atoms with Gasteiger partial charge in [0.05, 0.1) is 17.7 Å². The van der Waals surface area contributed by atoms with Crippen molar-refractivity contribution in [1.82, 2.24) is 0 Å². The molecule has 0 amide bonds. The van der Waals surface area contributed by atoms with E-state index in [4.69, 9.17) is 16.9 Å². The first-order chi connectivity index (χ1) is 7.99. The lowest BCUT2D eigenvalue weighted by Gasteiger charge is -2.10. The zero-order valence-electron chi connectivity index (χ0n) is 8.54. The van der Waals surface area contributed by atoms with Gasteiger partial charge in [-0.25, -0.2) is 4.79 Å². The summed E-state index contributed by atoms with van der Waals surface area (Å²) < 4.78 is 32.7. The van der Waals surface area contributed by atoms with Crippen LogP contribution in [0.4, 0.5) is 8.78 Å². The number of nitrogens with zero attached hydrogens (tertiary/aromatic N) is 1. The summed E-state index contributed by atoms with van der Waals surface area (Å²) >= 11 is 5.63. The molecule has 0 aliphatic rings. The van der Waals surface area contributed by atoms with Gasteiger partial charge in [-0.2, -0.15) is 14.0 Å². The first-order valence-corrected chi connectivity index (χ1v) is 4.64. The Kier molecular flexibility index (Phi) is 4.24. The van der Waals surface area contributed by atoms with Crippen LogP contribution in [0.15, 0.2) is 12.1 Å². The molecule has 0 saturated heterocycles. The van der Waals surface area contributed by atoms with Crippen LogP contribution in [0.25, 0.3) is 0 Å². The minimum atomic E-state index is -3.11. The summed E-state index contributed by atoms with van der Waals surface area (Å²) in [7, 11) is 1.08. The van der Waals surface area contributed by atoms with E-state index < -0.39 is 18.3 Å². The third-order valence-electron chi connectivity index (χ3n) is 1.81. The molecule has 0 heterocycles. The van der Waals surface area contributed by atoms with E-state index in [2.05, 4.69) is 9.47 Å². The van der Waals surface area contributed by atoms with Gasteiger partial charge in [0.1, 0.15) is 17.4 Å². The van der Waals surface area contributed by atoms with Crippen LogP contribution in [0.2, 0.25) is 5.02 Å². The average Bonchev–Trinajstić information content (AvgIpc) is 2.27. The van der Waals surface area contributed by atoms with Crippen molar-refractivity contribution >= 4 is 17.6 Å². The number of nitriles is 1. The lowest BCUT2D eigenvalue weighted by molar-refractivity contribution is -0.0504. The summed E-state index contributed by atoms with van der Waals surface area (Å²) in [5.41, 5.74) is -0.317. The Hall–Kier alpha value is -1.87. The molecule has 4 nitrogen and oxygen atoms in total. The molecule has 0 aromatic heterocycles. The van der Waals surface area contributed by atoms with Crippen molar-refractivity contribution in [2.75, 3.05) is 7.11 Å². The van der Waals surface area contributed by atoms with Crippen molar-refractivity contribution in [2.24, 2.45) is 0 Å². The molecular formula is C10H6ClF2NO3. The molecular weight excluding hydrogens is 256 g/mol. The minimum Gasteiger partial charge on any atom is -0.465 e. The van der Waals surface area contributed by atoms with E-state index in [1.165, 1.54) is 0 Å². The molecule has 90 valence electrons. The van der Waals surface area contributed by atoms with Crippen molar-refractivity contribution in [1.29, 1.82) is 5.26 Å². The molecule has 1 rings (SSSR count). The Bertz CT molecular complexity index is 485. The summed E-state index contributed by atoms with van der Waals surface area (Å²) in [6.07, 6.45) is 0. The summed E-state index contributed by atoms with van der Waals surface area (Å²) in [5.74, 6) is -1.33. The molecule has 0 spiro atoms. The van der Waals surface area contributed by atoms with Gasteiger partial charge in [0, 0.05) is 6.07 Å². The van der Waals surface area contributed by atoms with Gasteiger partial charge in [-0.05, 0) is 6.07 Å². The van der Waals surface area contributed by atoms with Crippen LogP contribution in [0.5, 0.6) is 5.75 Å². The normalized spacial score (nSPS) is 9.88. The number of hydrogen-bond donors (Lipinski definition) is 0. The second-order valence-corrected chi connectivity index (χ2v) is 3.22. The number of benzene rings is 1. The van der Waals surface area contributed by atoms with Crippen LogP contribution < -0.4 is 4.74 Å². The fourth-order valence-electron chi connectivity index (χ4n) is 1.10. The molecule has 1 aromatic carbocycles. The zero-order valence-corrected chi connectivity index (χ0v) is 9.29. The van der Waals surface area contributed by atoms with Gasteiger partial charge in [-0.1, -0.05) is 11.6 Å². The number of alkyl halides is 2. The smallest absolute Gasteiger partial charge is 0.387 e. The fourth-order valence-corrected chi connectivity index (χ4v) is 1.30. The molecule has 0 atom stereocenters. The van der Waals surface area contributed by atoms with Gasteiger partial charge in [0.2, 0.25) is 0 Å². The van der Waals surface area contributed by atoms with Crippen molar-refractivity contribution in [2.45, 2.75) is 6.61 Å². The van der Waals surface area contributed by atoms with Crippen molar-refractivity contribution in [3.8, 4) is 11.8 Å². The van der Waals surface area contributed by atoms with E-state index in [1.807, 2.05) is 0 Å². The van der Waals surface area contributed by atoms with E-state index in [0.717, 1.165) is 19.2 Å². The lowest BCUT2D eigenvalue weighted by atomic mass is 10.1. The van der Waals surface area contributed by atoms with E-state index in [0.29, 0.717) is 0 Å². The van der Waals surface area contributed by atoms with Gasteiger partial charge in [-0.15, -0.1) is 0 Å². The second-order valence-electron chi connectivity index (χ2n) is 2.81. The number of carbonyl (C=O) groups is 1. The number of hydrogen-bond acceptors (Lipinski definition) is 4. The number of methoxy groups -OCH3 is 1. The van der Waals surface area contributed by atoms with Gasteiger partial charge in [0.25, 0.3) is 0 Å². The maximum absolute atomic E-state index is 12.1. The van der Waals surface area contributed by atoms with Crippen LogP contribution in [0, 0.1) is 11.3 Å². The molecule has 0 aliphatic carbocycles. The number of carbonyl (C=O) groups excluding carboxylic acids is 1. The van der Waals surface area contributed by atoms with E-state index in [-0.39, 0.29) is 16.1 Å². The highest BCUT2D eigenvalue weighted by Crippen LogP contribution is 2.28. The van der Waals surface area contributed by atoms with Crippen LogP contribution in [0.3, 0.4) is 0 Å². The highest BCUT2D eigenvalue weighted by molar-refractivity contribution is 6.32. The fraction of sp³-hybridized carbons (Fsp3) is 0.200. The van der Waals surface area contributed by atoms with Crippen LogP contribution in [-0.4, -0.2) is 19.7 Å². The highest BCUT2D eigenvalue weighted by Gasteiger charge is 2.19. The molecule has 7 heteroatoms. The lowest BCUT2D eigenvalue weighted by Crippen LogP contribution is -2.09. The Morgan fingerprint density at radius 3 is 2.65 bits per heavy atom. The average molecular weight is 262 g/mol. The minimum absolute atomic E-state index is 0.0336. The highest BCUT2D eigenvalue weighted by atomic mass is 35.5. The Balaban J connectivity index is 3.32. The topological polar surface area (TPSA) is 59.3 Å². The summed E-state index contributed by atoms with van der Waals surface area (Å²) in [4.78, 5) is 11.3.